The number of Topliss-reactive ketones (excluding diaryl/α,β-unsaturated/α-hetero) is 2. The van der Waals surface area contributed by atoms with E-state index in [4.69, 9.17) is 0 Å². The van der Waals surface area contributed by atoms with Crippen LogP contribution in [0.5, 0.6) is 0 Å². The molecular formula is C16H20O2. The summed E-state index contributed by atoms with van der Waals surface area (Å²) in [7, 11) is 0. The molecule has 0 saturated heterocycles. The van der Waals surface area contributed by atoms with Crippen LogP contribution in [0.1, 0.15) is 34.6 Å². The minimum Gasteiger partial charge on any atom is -0.289 e. The van der Waals surface area contributed by atoms with Gasteiger partial charge in [0.15, 0.2) is 11.6 Å². The van der Waals surface area contributed by atoms with Crippen molar-refractivity contribution in [1.82, 2.24) is 0 Å². The van der Waals surface area contributed by atoms with Crippen molar-refractivity contribution in [2.75, 3.05) is 0 Å². The number of hydrogen-bond acceptors (Lipinski definition) is 2. The molecule has 0 spiro atoms. The molecule has 0 saturated carbocycles. The number of carbonyl (C=O) groups is 2. The second-order valence-electron chi connectivity index (χ2n) is 5.44. The number of hydrogen-bond donors (Lipinski definition) is 0. The highest BCUT2D eigenvalue weighted by molar-refractivity contribution is 6.27. The lowest BCUT2D eigenvalue weighted by Crippen LogP contribution is -2.28. The van der Waals surface area contributed by atoms with Crippen LogP contribution in [0.15, 0.2) is 47.1 Å². The van der Waals surface area contributed by atoms with Gasteiger partial charge in [0, 0.05) is 22.3 Å². The second-order valence-corrected chi connectivity index (χ2v) is 5.44. The van der Waals surface area contributed by atoms with E-state index in [0.29, 0.717) is 22.3 Å². The summed E-state index contributed by atoms with van der Waals surface area (Å²) >= 11 is 0. The molecule has 1 aliphatic rings. The van der Waals surface area contributed by atoms with Gasteiger partial charge in [-0.1, -0.05) is 45.6 Å². The lowest BCUT2D eigenvalue weighted by Gasteiger charge is -2.28. The van der Waals surface area contributed by atoms with Gasteiger partial charge in [-0.2, -0.15) is 0 Å². The highest BCUT2D eigenvalue weighted by atomic mass is 16.1. The summed E-state index contributed by atoms with van der Waals surface area (Å²) in [5.41, 5.74) is 1.66. The minimum absolute atomic E-state index is 0.0624. The Morgan fingerprint density at radius 3 is 2.00 bits per heavy atom. The van der Waals surface area contributed by atoms with Gasteiger partial charge in [0.1, 0.15) is 0 Å². The van der Waals surface area contributed by atoms with Gasteiger partial charge in [-0.3, -0.25) is 9.59 Å². The van der Waals surface area contributed by atoms with Crippen LogP contribution in [0.25, 0.3) is 0 Å². The maximum absolute atomic E-state index is 12.5. The molecule has 96 valence electrons. The second kappa shape index (κ2) is 4.89. The van der Waals surface area contributed by atoms with E-state index in [1.807, 2.05) is 27.7 Å². The zero-order chi connectivity index (χ0) is 14.1. The highest BCUT2D eigenvalue weighted by Crippen LogP contribution is 2.36. The van der Waals surface area contributed by atoms with E-state index >= 15 is 0 Å². The van der Waals surface area contributed by atoms with Gasteiger partial charge in [0.05, 0.1) is 0 Å². The average molecular weight is 244 g/mol. The zero-order valence-electron chi connectivity index (χ0n) is 11.8. The van der Waals surface area contributed by atoms with E-state index < -0.39 is 0 Å². The molecule has 0 aromatic carbocycles. The Morgan fingerprint density at radius 2 is 1.61 bits per heavy atom. The van der Waals surface area contributed by atoms with Crippen molar-refractivity contribution in [3.8, 4) is 0 Å². The standard InChI is InChI=1S/C16H20O2/c1-7-9-12-11(8-2)14(17)10(3)13(15(12)18)16(4,5)6/h7-9H,2H2,1,3-6H3/b9-7-. The fraction of sp³-hybridized carbons (Fsp3) is 0.375. The molecule has 2 nitrogen and oxygen atoms in total. The van der Waals surface area contributed by atoms with E-state index in [9.17, 15) is 9.59 Å². The smallest absolute Gasteiger partial charge is 0.190 e. The average Bonchev–Trinajstić information content (AvgIpc) is 2.25. The van der Waals surface area contributed by atoms with Crippen LogP contribution < -0.4 is 0 Å². The number of allylic oxidation sites excluding steroid dienone is 7. The van der Waals surface area contributed by atoms with Crippen LogP contribution in [0.2, 0.25) is 0 Å². The Kier molecular flexibility index (Phi) is 3.90. The molecule has 0 N–H and O–H groups in total. The van der Waals surface area contributed by atoms with Crippen molar-refractivity contribution >= 4 is 11.6 Å². The summed E-state index contributed by atoms with van der Waals surface area (Å²) < 4.78 is 0. The van der Waals surface area contributed by atoms with Gasteiger partial charge in [0.2, 0.25) is 0 Å². The van der Waals surface area contributed by atoms with Crippen molar-refractivity contribution in [3.63, 3.8) is 0 Å². The summed E-state index contributed by atoms with van der Waals surface area (Å²) in [6.45, 7) is 13.0. The van der Waals surface area contributed by atoms with Gasteiger partial charge in [-0.25, -0.2) is 0 Å². The van der Waals surface area contributed by atoms with Crippen LogP contribution >= 0.6 is 0 Å². The molecule has 0 bridgehead atoms. The SMILES string of the molecule is C=CC1=C(/C=C\C)C(=O)C(C(C)(C)C)=C(C)C1=O. The first kappa shape index (κ1) is 14.4. The largest absolute Gasteiger partial charge is 0.289 e. The Balaban J connectivity index is 3.56. The monoisotopic (exact) mass is 244 g/mol. The fourth-order valence-electron chi connectivity index (χ4n) is 2.30. The van der Waals surface area contributed by atoms with Gasteiger partial charge in [-0.05, 0) is 19.3 Å². The van der Waals surface area contributed by atoms with Crippen LogP contribution in [-0.2, 0) is 9.59 Å². The maximum atomic E-state index is 12.5. The lowest BCUT2D eigenvalue weighted by atomic mass is 9.73. The van der Waals surface area contributed by atoms with Gasteiger partial charge < -0.3 is 0 Å². The van der Waals surface area contributed by atoms with Crippen molar-refractivity contribution in [1.29, 1.82) is 0 Å². The van der Waals surface area contributed by atoms with Crippen LogP contribution in [0, 0.1) is 5.41 Å². The van der Waals surface area contributed by atoms with E-state index in [0.717, 1.165) is 0 Å². The van der Waals surface area contributed by atoms with Crippen molar-refractivity contribution in [3.05, 3.63) is 47.1 Å². The normalized spacial score (nSPS) is 18.1. The lowest BCUT2D eigenvalue weighted by molar-refractivity contribution is -0.116. The first-order valence-electron chi connectivity index (χ1n) is 6.05. The van der Waals surface area contributed by atoms with E-state index in [1.165, 1.54) is 6.08 Å². The van der Waals surface area contributed by atoms with Gasteiger partial charge >= 0.3 is 0 Å². The quantitative estimate of drug-likeness (QED) is 0.696. The molecular weight excluding hydrogens is 224 g/mol. The predicted octanol–water partition coefficient (Wildman–Crippen LogP) is 3.56. The third-order valence-electron chi connectivity index (χ3n) is 3.01. The molecule has 0 amide bonds. The first-order valence-corrected chi connectivity index (χ1v) is 6.05. The van der Waals surface area contributed by atoms with E-state index in [-0.39, 0.29) is 17.0 Å². The molecule has 18 heavy (non-hydrogen) atoms. The Hall–Kier alpha value is -1.70. The predicted molar refractivity (Wildman–Crippen MR) is 74.2 cm³/mol. The van der Waals surface area contributed by atoms with Crippen molar-refractivity contribution in [2.24, 2.45) is 5.41 Å². The topological polar surface area (TPSA) is 34.1 Å². The maximum Gasteiger partial charge on any atom is 0.190 e. The third-order valence-corrected chi connectivity index (χ3v) is 3.01. The molecule has 1 aliphatic carbocycles. The fourth-order valence-corrected chi connectivity index (χ4v) is 2.30. The van der Waals surface area contributed by atoms with Crippen LogP contribution in [0.3, 0.4) is 0 Å². The summed E-state index contributed by atoms with van der Waals surface area (Å²) in [6.07, 6.45) is 4.93. The number of rotatable bonds is 2. The molecule has 0 atom stereocenters. The third kappa shape index (κ3) is 2.28. The first-order chi connectivity index (χ1) is 8.25. The van der Waals surface area contributed by atoms with Gasteiger partial charge in [0.25, 0.3) is 0 Å². The molecule has 0 radical (unpaired) electrons. The van der Waals surface area contributed by atoms with E-state index in [2.05, 4.69) is 6.58 Å². The molecule has 2 heteroatoms. The zero-order valence-corrected chi connectivity index (χ0v) is 11.8. The van der Waals surface area contributed by atoms with Crippen molar-refractivity contribution in [2.45, 2.75) is 34.6 Å². The molecule has 1 rings (SSSR count). The summed E-state index contributed by atoms with van der Waals surface area (Å²) in [5.74, 6) is -0.157. The summed E-state index contributed by atoms with van der Waals surface area (Å²) in [5, 5.41) is 0. The van der Waals surface area contributed by atoms with Gasteiger partial charge in [-0.15, -0.1) is 0 Å². The molecule has 0 aromatic heterocycles. The molecule has 0 heterocycles. The van der Waals surface area contributed by atoms with Crippen LogP contribution in [-0.4, -0.2) is 11.6 Å². The summed E-state index contributed by atoms with van der Waals surface area (Å²) in [6, 6.07) is 0. The Bertz CT molecular complexity index is 506. The molecule has 0 unspecified atom stereocenters. The van der Waals surface area contributed by atoms with Crippen LogP contribution in [0.4, 0.5) is 0 Å². The Labute approximate surface area is 109 Å². The number of carbonyl (C=O) groups excluding carboxylic acids is 2. The Morgan fingerprint density at radius 1 is 1.06 bits per heavy atom. The van der Waals surface area contributed by atoms with E-state index in [1.54, 1.807) is 19.1 Å². The molecule has 0 fully saturated rings. The minimum atomic E-state index is -0.337. The van der Waals surface area contributed by atoms with Crippen molar-refractivity contribution < 1.29 is 9.59 Å². The molecule has 0 aliphatic heterocycles. The molecule has 0 aromatic rings. The number of ketones is 2. The highest BCUT2D eigenvalue weighted by Gasteiger charge is 2.35. The summed E-state index contributed by atoms with van der Waals surface area (Å²) in [4.78, 5) is 24.8.